The summed E-state index contributed by atoms with van der Waals surface area (Å²) in [7, 11) is 0. The standard InChI is InChI=1S/C12H19ClN2/c1-3-10(2)14-7-8-15-12-6-4-5-11(13)9-12/h4-6,9-10,14-15H,3,7-8H2,1-2H3. The zero-order chi connectivity index (χ0) is 11.1. The molecule has 3 heteroatoms. The van der Waals surface area contributed by atoms with E-state index in [9.17, 15) is 0 Å². The van der Waals surface area contributed by atoms with E-state index in [-0.39, 0.29) is 0 Å². The third-order valence-electron chi connectivity index (χ3n) is 2.38. The van der Waals surface area contributed by atoms with Gasteiger partial charge in [-0.1, -0.05) is 24.6 Å². The van der Waals surface area contributed by atoms with Crippen molar-refractivity contribution < 1.29 is 0 Å². The average molecular weight is 227 g/mol. The van der Waals surface area contributed by atoms with Gasteiger partial charge in [0.25, 0.3) is 0 Å². The second kappa shape index (κ2) is 6.70. The largest absolute Gasteiger partial charge is 0.384 e. The summed E-state index contributed by atoms with van der Waals surface area (Å²) in [4.78, 5) is 0. The molecule has 0 bridgehead atoms. The van der Waals surface area contributed by atoms with Crippen molar-refractivity contribution in [3.8, 4) is 0 Å². The third kappa shape index (κ3) is 5.05. The number of halogens is 1. The van der Waals surface area contributed by atoms with Crippen LogP contribution in [0.2, 0.25) is 5.02 Å². The fraction of sp³-hybridized carbons (Fsp3) is 0.500. The van der Waals surface area contributed by atoms with Crippen molar-refractivity contribution in [3.05, 3.63) is 29.3 Å². The highest BCUT2D eigenvalue weighted by Crippen LogP contribution is 2.14. The number of nitrogens with one attached hydrogen (secondary N) is 2. The second-order valence-electron chi connectivity index (χ2n) is 3.70. The minimum Gasteiger partial charge on any atom is -0.384 e. The Bertz CT molecular complexity index is 289. The van der Waals surface area contributed by atoms with Crippen LogP contribution in [0.15, 0.2) is 24.3 Å². The summed E-state index contributed by atoms with van der Waals surface area (Å²) in [6.07, 6.45) is 1.16. The Hall–Kier alpha value is -0.730. The molecule has 84 valence electrons. The minimum atomic E-state index is 0.589. The molecule has 2 N–H and O–H groups in total. The Labute approximate surface area is 97.0 Å². The average Bonchev–Trinajstić information content (AvgIpc) is 2.24. The van der Waals surface area contributed by atoms with Crippen molar-refractivity contribution in [2.75, 3.05) is 18.4 Å². The number of benzene rings is 1. The molecule has 0 radical (unpaired) electrons. The molecule has 0 saturated carbocycles. The van der Waals surface area contributed by atoms with Crippen LogP contribution in [0.1, 0.15) is 20.3 Å². The number of anilines is 1. The summed E-state index contributed by atoms with van der Waals surface area (Å²) >= 11 is 5.87. The molecule has 0 heterocycles. The quantitative estimate of drug-likeness (QED) is 0.729. The predicted molar refractivity (Wildman–Crippen MR) is 67.7 cm³/mol. The van der Waals surface area contributed by atoms with E-state index in [0.717, 1.165) is 30.2 Å². The number of hydrogen-bond acceptors (Lipinski definition) is 2. The second-order valence-corrected chi connectivity index (χ2v) is 4.14. The van der Waals surface area contributed by atoms with Gasteiger partial charge in [0.2, 0.25) is 0 Å². The molecule has 2 nitrogen and oxygen atoms in total. The summed E-state index contributed by atoms with van der Waals surface area (Å²) in [6.45, 7) is 6.27. The lowest BCUT2D eigenvalue weighted by atomic mass is 10.2. The van der Waals surface area contributed by atoms with E-state index in [1.807, 2.05) is 24.3 Å². The third-order valence-corrected chi connectivity index (χ3v) is 2.62. The highest BCUT2D eigenvalue weighted by Gasteiger charge is 1.96. The topological polar surface area (TPSA) is 24.1 Å². The lowest BCUT2D eigenvalue weighted by molar-refractivity contribution is 0.546. The van der Waals surface area contributed by atoms with E-state index in [4.69, 9.17) is 11.6 Å². The van der Waals surface area contributed by atoms with Crippen LogP contribution in [-0.2, 0) is 0 Å². The van der Waals surface area contributed by atoms with Gasteiger partial charge in [-0.15, -0.1) is 0 Å². The first kappa shape index (κ1) is 12.3. The van der Waals surface area contributed by atoms with E-state index in [1.54, 1.807) is 0 Å². The van der Waals surface area contributed by atoms with E-state index >= 15 is 0 Å². The van der Waals surface area contributed by atoms with Crippen LogP contribution in [0, 0.1) is 0 Å². The molecule has 0 aliphatic carbocycles. The van der Waals surface area contributed by atoms with Gasteiger partial charge >= 0.3 is 0 Å². The molecule has 1 rings (SSSR count). The zero-order valence-corrected chi connectivity index (χ0v) is 10.1. The molecule has 0 aliphatic rings. The van der Waals surface area contributed by atoms with Gasteiger partial charge in [0.1, 0.15) is 0 Å². The highest BCUT2D eigenvalue weighted by atomic mass is 35.5. The zero-order valence-electron chi connectivity index (χ0n) is 9.39. The van der Waals surface area contributed by atoms with Crippen molar-refractivity contribution >= 4 is 17.3 Å². The first-order valence-corrected chi connectivity index (χ1v) is 5.83. The summed E-state index contributed by atoms with van der Waals surface area (Å²) in [5, 5.41) is 7.51. The van der Waals surface area contributed by atoms with Crippen molar-refractivity contribution in [3.63, 3.8) is 0 Å². The highest BCUT2D eigenvalue weighted by molar-refractivity contribution is 6.30. The summed E-state index contributed by atoms with van der Waals surface area (Å²) in [5.41, 5.74) is 1.08. The van der Waals surface area contributed by atoms with Gasteiger partial charge < -0.3 is 10.6 Å². The van der Waals surface area contributed by atoms with Crippen molar-refractivity contribution in [1.82, 2.24) is 5.32 Å². The fourth-order valence-corrected chi connectivity index (χ4v) is 1.46. The van der Waals surface area contributed by atoms with Crippen LogP contribution >= 0.6 is 11.6 Å². The maximum atomic E-state index is 5.87. The molecule has 0 aromatic heterocycles. The minimum absolute atomic E-state index is 0.589. The molecule has 15 heavy (non-hydrogen) atoms. The molecule has 1 aromatic rings. The van der Waals surface area contributed by atoms with Gasteiger partial charge in [-0.2, -0.15) is 0 Å². The van der Waals surface area contributed by atoms with Crippen LogP contribution in [0.3, 0.4) is 0 Å². The van der Waals surface area contributed by atoms with Gasteiger partial charge in [0.15, 0.2) is 0 Å². The molecule has 1 unspecified atom stereocenters. The molecule has 0 saturated heterocycles. The van der Waals surface area contributed by atoms with Crippen LogP contribution in [-0.4, -0.2) is 19.1 Å². The van der Waals surface area contributed by atoms with E-state index < -0.39 is 0 Å². The van der Waals surface area contributed by atoms with Crippen LogP contribution < -0.4 is 10.6 Å². The summed E-state index contributed by atoms with van der Waals surface area (Å²) in [6, 6.07) is 8.38. The molecular weight excluding hydrogens is 208 g/mol. The van der Waals surface area contributed by atoms with E-state index in [0.29, 0.717) is 6.04 Å². The molecule has 1 aromatic carbocycles. The fourth-order valence-electron chi connectivity index (χ4n) is 1.27. The van der Waals surface area contributed by atoms with Crippen molar-refractivity contribution in [2.24, 2.45) is 0 Å². The van der Waals surface area contributed by atoms with Crippen LogP contribution in [0.4, 0.5) is 5.69 Å². The van der Waals surface area contributed by atoms with Crippen molar-refractivity contribution in [1.29, 1.82) is 0 Å². The summed E-state index contributed by atoms with van der Waals surface area (Å²) in [5.74, 6) is 0. The first-order chi connectivity index (χ1) is 7.22. The smallest absolute Gasteiger partial charge is 0.0426 e. The normalized spacial score (nSPS) is 12.5. The maximum Gasteiger partial charge on any atom is 0.0426 e. The monoisotopic (exact) mass is 226 g/mol. The lowest BCUT2D eigenvalue weighted by Gasteiger charge is -2.12. The summed E-state index contributed by atoms with van der Waals surface area (Å²) < 4.78 is 0. The number of rotatable bonds is 6. The molecule has 0 spiro atoms. The SMILES string of the molecule is CCC(C)NCCNc1cccc(Cl)c1. The Morgan fingerprint density at radius 1 is 1.33 bits per heavy atom. The molecule has 0 amide bonds. The Balaban J connectivity index is 2.20. The van der Waals surface area contributed by atoms with Gasteiger partial charge in [0.05, 0.1) is 0 Å². The predicted octanol–water partition coefficient (Wildman–Crippen LogP) is 3.14. The Morgan fingerprint density at radius 2 is 2.13 bits per heavy atom. The Morgan fingerprint density at radius 3 is 2.80 bits per heavy atom. The van der Waals surface area contributed by atoms with Gasteiger partial charge in [0, 0.05) is 29.8 Å². The Kier molecular flexibility index (Phi) is 5.51. The first-order valence-electron chi connectivity index (χ1n) is 5.45. The van der Waals surface area contributed by atoms with Crippen molar-refractivity contribution in [2.45, 2.75) is 26.3 Å². The van der Waals surface area contributed by atoms with Gasteiger partial charge in [-0.25, -0.2) is 0 Å². The van der Waals surface area contributed by atoms with Crippen LogP contribution in [0.5, 0.6) is 0 Å². The maximum absolute atomic E-state index is 5.87. The number of hydrogen-bond donors (Lipinski definition) is 2. The molecule has 0 fully saturated rings. The lowest BCUT2D eigenvalue weighted by Crippen LogP contribution is -2.30. The molecular formula is C12H19ClN2. The van der Waals surface area contributed by atoms with Gasteiger partial charge in [-0.05, 0) is 31.5 Å². The van der Waals surface area contributed by atoms with Gasteiger partial charge in [-0.3, -0.25) is 0 Å². The molecule has 0 aliphatic heterocycles. The van der Waals surface area contributed by atoms with E-state index in [2.05, 4.69) is 24.5 Å². The molecule has 1 atom stereocenters. The van der Waals surface area contributed by atoms with Crippen LogP contribution in [0.25, 0.3) is 0 Å². The van der Waals surface area contributed by atoms with E-state index in [1.165, 1.54) is 0 Å².